The molecule has 0 aliphatic heterocycles. The fraction of sp³-hybridized carbons (Fsp3) is 0.320. The average Bonchev–Trinajstić information content (AvgIpc) is 2.80. The highest BCUT2D eigenvalue weighted by atomic mass is 19.1. The molecular formula is C25H26FN3O3. The first-order valence-corrected chi connectivity index (χ1v) is 10.8. The van der Waals surface area contributed by atoms with Crippen LogP contribution in [0.4, 0.5) is 4.39 Å². The Bertz CT molecular complexity index is 1140. The number of carbonyl (C=O) groups excluding carboxylic acids is 1. The molecule has 2 N–H and O–H groups in total. The van der Waals surface area contributed by atoms with Crippen molar-refractivity contribution in [2.24, 2.45) is 0 Å². The summed E-state index contributed by atoms with van der Waals surface area (Å²) in [6.45, 7) is 1.74. The minimum atomic E-state index is -0.566. The predicted molar refractivity (Wildman–Crippen MR) is 119 cm³/mol. The van der Waals surface area contributed by atoms with Gasteiger partial charge in [-0.05, 0) is 79.6 Å². The molecule has 0 saturated heterocycles. The fourth-order valence-corrected chi connectivity index (χ4v) is 4.31. The average molecular weight is 435 g/mol. The summed E-state index contributed by atoms with van der Waals surface area (Å²) in [6, 6.07) is 10.6. The van der Waals surface area contributed by atoms with Crippen molar-refractivity contribution in [2.75, 3.05) is 0 Å². The van der Waals surface area contributed by atoms with Crippen molar-refractivity contribution in [3.05, 3.63) is 99.5 Å². The van der Waals surface area contributed by atoms with Gasteiger partial charge in [-0.25, -0.2) is 4.39 Å². The molecule has 4 rings (SSSR count). The number of aliphatic hydroxyl groups excluding tert-OH is 1. The number of aryl methyl sites for hydroxylation is 1. The SMILES string of the molecule is Cc1ccn(C2CCC(O)CC2)c(=O)c1C(=O)NC(c1ccncc1)c1ccc(F)cc1. The number of benzene rings is 1. The van der Waals surface area contributed by atoms with Gasteiger partial charge in [-0.2, -0.15) is 0 Å². The highest BCUT2D eigenvalue weighted by molar-refractivity contribution is 5.95. The number of aliphatic hydroxyl groups is 1. The van der Waals surface area contributed by atoms with Crippen molar-refractivity contribution in [3.8, 4) is 0 Å². The first-order chi connectivity index (χ1) is 15.4. The Labute approximate surface area is 185 Å². The van der Waals surface area contributed by atoms with Gasteiger partial charge in [0.1, 0.15) is 11.4 Å². The van der Waals surface area contributed by atoms with E-state index < -0.39 is 11.9 Å². The minimum Gasteiger partial charge on any atom is -0.393 e. The summed E-state index contributed by atoms with van der Waals surface area (Å²) in [7, 11) is 0. The maximum absolute atomic E-state index is 13.5. The number of amides is 1. The molecule has 32 heavy (non-hydrogen) atoms. The van der Waals surface area contributed by atoms with Gasteiger partial charge in [0.15, 0.2) is 0 Å². The third-order valence-electron chi connectivity index (χ3n) is 6.13. The second-order valence-corrected chi connectivity index (χ2v) is 8.29. The third kappa shape index (κ3) is 4.62. The number of nitrogens with one attached hydrogen (secondary N) is 1. The Balaban J connectivity index is 1.67. The largest absolute Gasteiger partial charge is 0.393 e. The highest BCUT2D eigenvalue weighted by Gasteiger charge is 2.26. The molecule has 0 radical (unpaired) electrons. The van der Waals surface area contributed by atoms with E-state index in [0.717, 1.165) is 5.56 Å². The van der Waals surface area contributed by atoms with Gasteiger partial charge in [-0.3, -0.25) is 14.6 Å². The van der Waals surface area contributed by atoms with E-state index in [1.54, 1.807) is 60.4 Å². The number of rotatable bonds is 5. The Hall–Kier alpha value is -3.32. The van der Waals surface area contributed by atoms with E-state index in [1.807, 2.05) is 0 Å². The minimum absolute atomic E-state index is 0.0360. The maximum Gasteiger partial charge on any atom is 0.263 e. The molecule has 3 aromatic rings. The standard InChI is InChI=1S/C25H26FN3O3/c1-16-12-15-29(20-6-8-21(30)9-7-20)25(32)22(16)24(31)28-23(18-10-13-27-14-11-18)17-2-4-19(26)5-3-17/h2-5,10-15,20-21,23,30H,6-9H2,1H3,(H,28,31). The van der Waals surface area contributed by atoms with Crippen LogP contribution >= 0.6 is 0 Å². The van der Waals surface area contributed by atoms with E-state index >= 15 is 0 Å². The zero-order valence-electron chi connectivity index (χ0n) is 17.9. The van der Waals surface area contributed by atoms with Crippen molar-refractivity contribution in [2.45, 2.75) is 50.8 Å². The van der Waals surface area contributed by atoms with Crippen LogP contribution in [-0.2, 0) is 0 Å². The number of halogens is 1. The summed E-state index contributed by atoms with van der Waals surface area (Å²) in [5.41, 5.74) is 1.82. The molecule has 1 aliphatic rings. The van der Waals surface area contributed by atoms with Gasteiger partial charge in [0.05, 0.1) is 12.1 Å². The van der Waals surface area contributed by atoms with Gasteiger partial charge in [0, 0.05) is 24.6 Å². The first kappa shape index (κ1) is 21.9. The van der Waals surface area contributed by atoms with Gasteiger partial charge in [-0.15, -0.1) is 0 Å². The van der Waals surface area contributed by atoms with E-state index in [-0.39, 0.29) is 29.1 Å². The van der Waals surface area contributed by atoms with Crippen molar-refractivity contribution in [1.82, 2.24) is 14.9 Å². The topological polar surface area (TPSA) is 84.2 Å². The third-order valence-corrected chi connectivity index (χ3v) is 6.13. The van der Waals surface area contributed by atoms with E-state index in [2.05, 4.69) is 10.3 Å². The molecular weight excluding hydrogens is 409 g/mol. The summed E-state index contributed by atoms with van der Waals surface area (Å²) in [5.74, 6) is -0.850. The van der Waals surface area contributed by atoms with Crippen LogP contribution in [0.3, 0.4) is 0 Å². The Morgan fingerprint density at radius 1 is 1.06 bits per heavy atom. The molecule has 166 valence electrons. The molecule has 1 unspecified atom stereocenters. The molecule has 0 bridgehead atoms. The Morgan fingerprint density at radius 3 is 2.34 bits per heavy atom. The second-order valence-electron chi connectivity index (χ2n) is 8.29. The van der Waals surface area contributed by atoms with Crippen LogP contribution in [0.15, 0.2) is 65.8 Å². The van der Waals surface area contributed by atoms with E-state index in [4.69, 9.17) is 0 Å². The molecule has 7 heteroatoms. The number of aromatic nitrogens is 2. The number of hydrogen-bond donors (Lipinski definition) is 2. The lowest BCUT2D eigenvalue weighted by molar-refractivity contribution is 0.0936. The lowest BCUT2D eigenvalue weighted by atomic mass is 9.92. The number of hydrogen-bond acceptors (Lipinski definition) is 4. The molecule has 2 aromatic heterocycles. The molecule has 1 aliphatic carbocycles. The molecule has 1 atom stereocenters. The lowest BCUT2D eigenvalue weighted by Gasteiger charge is -2.27. The maximum atomic E-state index is 13.5. The van der Waals surface area contributed by atoms with Crippen LogP contribution < -0.4 is 10.9 Å². The van der Waals surface area contributed by atoms with E-state index in [0.29, 0.717) is 36.8 Å². The molecule has 1 amide bonds. The van der Waals surface area contributed by atoms with Crippen LogP contribution in [0.2, 0.25) is 0 Å². The van der Waals surface area contributed by atoms with Crippen molar-refractivity contribution >= 4 is 5.91 Å². The smallest absolute Gasteiger partial charge is 0.263 e. The fourth-order valence-electron chi connectivity index (χ4n) is 4.31. The van der Waals surface area contributed by atoms with Crippen molar-refractivity contribution in [1.29, 1.82) is 0 Å². The van der Waals surface area contributed by atoms with Gasteiger partial charge in [0.25, 0.3) is 11.5 Å². The van der Waals surface area contributed by atoms with Gasteiger partial charge < -0.3 is 15.0 Å². The zero-order chi connectivity index (χ0) is 22.7. The van der Waals surface area contributed by atoms with E-state index in [9.17, 15) is 19.1 Å². The van der Waals surface area contributed by atoms with Crippen LogP contribution in [0.1, 0.15) is 64.8 Å². The van der Waals surface area contributed by atoms with Crippen LogP contribution in [-0.4, -0.2) is 26.7 Å². The second kappa shape index (κ2) is 9.44. The Morgan fingerprint density at radius 2 is 1.69 bits per heavy atom. The summed E-state index contributed by atoms with van der Waals surface area (Å²) in [6.07, 6.45) is 7.32. The summed E-state index contributed by atoms with van der Waals surface area (Å²) < 4.78 is 15.1. The molecule has 1 aromatic carbocycles. The quantitative estimate of drug-likeness (QED) is 0.640. The van der Waals surface area contributed by atoms with Crippen LogP contribution in [0.5, 0.6) is 0 Å². The lowest BCUT2D eigenvalue weighted by Crippen LogP contribution is -2.38. The number of nitrogens with zero attached hydrogens (tertiary/aromatic N) is 2. The normalized spacial score (nSPS) is 19.3. The van der Waals surface area contributed by atoms with Gasteiger partial charge in [0.2, 0.25) is 0 Å². The van der Waals surface area contributed by atoms with E-state index in [1.165, 1.54) is 12.1 Å². The molecule has 1 saturated carbocycles. The van der Waals surface area contributed by atoms with Crippen LogP contribution in [0, 0.1) is 12.7 Å². The van der Waals surface area contributed by atoms with Crippen molar-refractivity contribution < 1.29 is 14.3 Å². The predicted octanol–water partition coefficient (Wildman–Crippen LogP) is 3.69. The number of carbonyl (C=O) groups is 1. The summed E-state index contributed by atoms with van der Waals surface area (Å²) in [5, 5.41) is 12.7. The zero-order valence-corrected chi connectivity index (χ0v) is 17.9. The molecule has 2 heterocycles. The van der Waals surface area contributed by atoms with Crippen LogP contribution in [0.25, 0.3) is 0 Å². The summed E-state index contributed by atoms with van der Waals surface area (Å²) >= 11 is 0. The number of pyridine rings is 2. The van der Waals surface area contributed by atoms with Crippen molar-refractivity contribution in [3.63, 3.8) is 0 Å². The van der Waals surface area contributed by atoms with Gasteiger partial charge in [-0.1, -0.05) is 12.1 Å². The molecule has 1 fully saturated rings. The molecule has 0 spiro atoms. The Kier molecular flexibility index (Phi) is 6.46. The molecule has 6 nitrogen and oxygen atoms in total. The first-order valence-electron chi connectivity index (χ1n) is 10.8. The monoisotopic (exact) mass is 435 g/mol. The van der Waals surface area contributed by atoms with Gasteiger partial charge >= 0.3 is 0 Å². The highest BCUT2D eigenvalue weighted by Crippen LogP contribution is 2.28. The summed E-state index contributed by atoms with van der Waals surface area (Å²) in [4.78, 5) is 30.7.